The van der Waals surface area contributed by atoms with Crippen LogP contribution in [0.1, 0.15) is 25.5 Å². The number of halogens is 1. The zero-order valence-corrected chi connectivity index (χ0v) is 9.80. The molecule has 1 unspecified atom stereocenters. The predicted molar refractivity (Wildman–Crippen MR) is 62.8 cm³/mol. The average Bonchev–Trinajstić information content (AvgIpc) is 2.28. The van der Waals surface area contributed by atoms with Gasteiger partial charge in [-0.15, -0.1) is 5.92 Å². The van der Waals surface area contributed by atoms with Gasteiger partial charge in [-0.3, -0.25) is 5.32 Å². The fourth-order valence-corrected chi connectivity index (χ4v) is 1.51. The van der Waals surface area contributed by atoms with Crippen LogP contribution in [0.25, 0.3) is 0 Å². The van der Waals surface area contributed by atoms with Gasteiger partial charge < -0.3 is 4.74 Å². The zero-order valence-electron chi connectivity index (χ0n) is 9.80. The van der Waals surface area contributed by atoms with Crippen LogP contribution in [0.5, 0.6) is 5.75 Å². The average molecular weight is 221 g/mol. The van der Waals surface area contributed by atoms with E-state index in [1.807, 2.05) is 6.92 Å². The van der Waals surface area contributed by atoms with Crippen molar-refractivity contribution in [3.63, 3.8) is 0 Å². The van der Waals surface area contributed by atoms with E-state index in [0.29, 0.717) is 17.9 Å². The van der Waals surface area contributed by atoms with Crippen molar-refractivity contribution in [1.82, 2.24) is 5.32 Å². The molecule has 0 aliphatic heterocycles. The van der Waals surface area contributed by atoms with Crippen LogP contribution in [-0.2, 0) is 0 Å². The summed E-state index contributed by atoms with van der Waals surface area (Å²) in [5.74, 6) is 5.96. The summed E-state index contributed by atoms with van der Waals surface area (Å²) in [4.78, 5) is 0. The van der Waals surface area contributed by atoms with Crippen LogP contribution in [0.4, 0.5) is 4.39 Å². The highest BCUT2D eigenvalue weighted by Gasteiger charge is 2.15. The van der Waals surface area contributed by atoms with Gasteiger partial charge >= 0.3 is 0 Å². The van der Waals surface area contributed by atoms with Crippen molar-refractivity contribution in [3.8, 4) is 17.6 Å². The lowest BCUT2D eigenvalue weighted by molar-refractivity contribution is 0.395. The van der Waals surface area contributed by atoms with Crippen LogP contribution in [0.15, 0.2) is 18.2 Å². The van der Waals surface area contributed by atoms with Crippen molar-refractivity contribution in [2.45, 2.75) is 19.9 Å². The molecule has 0 aliphatic rings. The second kappa shape index (κ2) is 6.14. The third kappa shape index (κ3) is 2.98. The Kier molecular flexibility index (Phi) is 4.81. The monoisotopic (exact) mass is 221 g/mol. The van der Waals surface area contributed by atoms with Crippen LogP contribution in [-0.4, -0.2) is 13.7 Å². The molecule has 0 heterocycles. The maximum Gasteiger partial charge on any atom is 0.131 e. The van der Waals surface area contributed by atoms with Gasteiger partial charge in [0.1, 0.15) is 11.6 Å². The molecular formula is C13H16FNO. The number of rotatable bonds is 4. The lowest BCUT2D eigenvalue weighted by atomic mass is 10.1. The molecule has 86 valence electrons. The highest BCUT2D eigenvalue weighted by Crippen LogP contribution is 2.27. The van der Waals surface area contributed by atoms with Crippen molar-refractivity contribution in [1.29, 1.82) is 0 Å². The highest BCUT2D eigenvalue weighted by molar-refractivity contribution is 5.37. The van der Waals surface area contributed by atoms with Gasteiger partial charge in [-0.05, 0) is 26.0 Å². The Balaban J connectivity index is 2.87. The fourth-order valence-electron chi connectivity index (χ4n) is 1.51. The van der Waals surface area contributed by atoms with Gasteiger partial charge in [0.05, 0.1) is 13.7 Å². The van der Waals surface area contributed by atoms with E-state index in [1.165, 1.54) is 13.2 Å². The third-order valence-corrected chi connectivity index (χ3v) is 2.34. The first-order valence-electron chi connectivity index (χ1n) is 5.16. The molecule has 0 amide bonds. The number of hydrogen-bond acceptors (Lipinski definition) is 2. The normalized spacial score (nSPS) is 11.5. The summed E-state index contributed by atoms with van der Waals surface area (Å²) in [5.41, 5.74) is 0.544. The van der Waals surface area contributed by atoms with Crippen LogP contribution in [0.3, 0.4) is 0 Å². The predicted octanol–water partition coefficient (Wildman–Crippen LogP) is 2.51. The number of hydrogen-bond donors (Lipinski definition) is 1. The molecule has 1 rings (SSSR count). The molecule has 3 heteroatoms. The minimum atomic E-state index is -0.260. The first-order valence-corrected chi connectivity index (χ1v) is 5.16. The molecule has 0 aromatic heterocycles. The molecule has 2 nitrogen and oxygen atoms in total. The van der Waals surface area contributed by atoms with E-state index in [1.54, 1.807) is 19.1 Å². The smallest absolute Gasteiger partial charge is 0.131 e. The Morgan fingerprint density at radius 3 is 2.88 bits per heavy atom. The summed E-state index contributed by atoms with van der Waals surface area (Å²) < 4.78 is 18.8. The van der Waals surface area contributed by atoms with E-state index in [9.17, 15) is 4.39 Å². The maximum atomic E-state index is 13.6. The largest absolute Gasteiger partial charge is 0.496 e. The van der Waals surface area contributed by atoms with Crippen molar-refractivity contribution in [2.24, 2.45) is 0 Å². The van der Waals surface area contributed by atoms with E-state index in [0.717, 1.165) is 0 Å². The van der Waals surface area contributed by atoms with Crippen molar-refractivity contribution >= 4 is 0 Å². The number of benzene rings is 1. The van der Waals surface area contributed by atoms with Gasteiger partial charge in [0.25, 0.3) is 0 Å². The summed E-state index contributed by atoms with van der Waals surface area (Å²) >= 11 is 0. The molecule has 0 radical (unpaired) electrons. The summed E-state index contributed by atoms with van der Waals surface area (Å²) in [6, 6.07) is 4.69. The molecule has 0 fully saturated rings. The van der Waals surface area contributed by atoms with E-state index in [-0.39, 0.29) is 11.9 Å². The molecule has 1 N–H and O–H groups in total. The molecule has 0 bridgehead atoms. The quantitative estimate of drug-likeness (QED) is 0.789. The Labute approximate surface area is 95.8 Å². The Morgan fingerprint density at radius 2 is 2.25 bits per heavy atom. The lowest BCUT2D eigenvalue weighted by Crippen LogP contribution is -2.20. The highest BCUT2D eigenvalue weighted by atomic mass is 19.1. The molecule has 0 saturated heterocycles. The Hall–Kier alpha value is -1.53. The fraction of sp³-hybridized carbons (Fsp3) is 0.385. The van der Waals surface area contributed by atoms with Crippen LogP contribution >= 0.6 is 0 Å². The first kappa shape index (κ1) is 12.5. The van der Waals surface area contributed by atoms with Gasteiger partial charge in [-0.1, -0.05) is 12.0 Å². The third-order valence-electron chi connectivity index (χ3n) is 2.34. The van der Waals surface area contributed by atoms with Gasteiger partial charge in [-0.2, -0.15) is 0 Å². The van der Waals surface area contributed by atoms with E-state index in [4.69, 9.17) is 4.74 Å². The first-order chi connectivity index (χ1) is 7.70. The summed E-state index contributed by atoms with van der Waals surface area (Å²) in [5, 5.41) is 3.12. The second-order valence-electron chi connectivity index (χ2n) is 3.39. The van der Waals surface area contributed by atoms with Gasteiger partial charge in [0.15, 0.2) is 0 Å². The molecule has 1 atom stereocenters. The summed E-state index contributed by atoms with van der Waals surface area (Å²) in [6.45, 7) is 4.20. The van der Waals surface area contributed by atoms with E-state index < -0.39 is 0 Å². The second-order valence-corrected chi connectivity index (χ2v) is 3.39. The molecule has 16 heavy (non-hydrogen) atoms. The lowest BCUT2D eigenvalue weighted by Gasteiger charge is -2.16. The number of methoxy groups -OCH3 is 1. The molecule has 0 aliphatic carbocycles. The molecule has 1 aromatic rings. The summed E-state index contributed by atoms with van der Waals surface area (Å²) in [7, 11) is 1.54. The minimum Gasteiger partial charge on any atom is -0.496 e. The molecular weight excluding hydrogens is 205 g/mol. The topological polar surface area (TPSA) is 21.3 Å². The maximum absolute atomic E-state index is 13.6. The standard InChI is InChI=1S/C13H16FNO/c1-4-5-9-15-10(2)13-11(14)7-6-8-12(13)16-3/h6-8,10,15H,9H2,1-3H3. The number of nitrogens with one attached hydrogen (secondary N) is 1. The van der Waals surface area contributed by atoms with Crippen LogP contribution in [0.2, 0.25) is 0 Å². The van der Waals surface area contributed by atoms with E-state index in [2.05, 4.69) is 17.2 Å². The molecule has 1 aromatic carbocycles. The van der Waals surface area contributed by atoms with E-state index >= 15 is 0 Å². The molecule has 0 saturated carbocycles. The van der Waals surface area contributed by atoms with Crippen molar-refractivity contribution in [2.75, 3.05) is 13.7 Å². The van der Waals surface area contributed by atoms with Crippen LogP contribution < -0.4 is 10.1 Å². The van der Waals surface area contributed by atoms with Gasteiger partial charge in [-0.25, -0.2) is 4.39 Å². The SMILES string of the molecule is CC#CCNC(C)c1c(F)cccc1OC. The Bertz CT molecular complexity index is 406. The number of ether oxygens (including phenoxy) is 1. The summed E-state index contributed by atoms with van der Waals surface area (Å²) in [6.07, 6.45) is 0. The zero-order chi connectivity index (χ0) is 12.0. The van der Waals surface area contributed by atoms with Crippen molar-refractivity contribution < 1.29 is 9.13 Å². The Morgan fingerprint density at radius 1 is 1.50 bits per heavy atom. The minimum absolute atomic E-state index is 0.128. The molecule has 0 spiro atoms. The van der Waals surface area contributed by atoms with Gasteiger partial charge in [0, 0.05) is 11.6 Å². The van der Waals surface area contributed by atoms with Crippen molar-refractivity contribution in [3.05, 3.63) is 29.6 Å². The van der Waals surface area contributed by atoms with Gasteiger partial charge in [0.2, 0.25) is 0 Å². The van der Waals surface area contributed by atoms with Crippen LogP contribution in [0, 0.1) is 17.7 Å².